The number of benzene rings is 2. The van der Waals surface area contributed by atoms with Gasteiger partial charge in [0.2, 0.25) is 0 Å². The molecule has 0 radical (unpaired) electrons. The predicted molar refractivity (Wildman–Crippen MR) is 107 cm³/mol. The van der Waals surface area contributed by atoms with Crippen molar-refractivity contribution in [3.8, 4) is 0 Å². The van der Waals surface area contributed by atoms with Gasteiger partial charge in [-0.05, 0) is 17.5 Å². The molecular formula is C22H30OSi. The third-order valence-electron chi connectivity index (χ3n) is 5.04. The van der Waals surface area contributed by atoms with Gasteiger partial charge in [-0.2, -0.15) is 0 Å². The van der Waals surface area contributed by atoms with Crippen LogP contribution >= 0.6 is 0 Å². The minimum absolute atomic E-state index is 0.383. The van der Waals surface area contributed by atoms with E-state index in [1.807, 2.05) is 12.1 Å². The molecule has 0 aliphatic rings. The Morgan fingerprint density at radius 1 is 0.792 bits per heavy atom. The lowest BCUT2D eigenvalue weighted by molar-refractivity contribution is -0.115. The highest BCUT2D eigenvalue weighted by molar-refractivity contribution is 6.60. The molecule has 0 saturated heterocycles. The standard InChI is InChI=1S/C22H30OSi/c1-2-3-4-5-6-13-18-22(21(23)24,19-14-9-7-10-15-19)20-16-11-8-12-17-20/h7-12,14-17H,2-6,13,18H2,1,24H3. The van der Waals surface area contributed by atoms with Crippen molar-refractivity contribution in [3.05, 3.63) is 71.8 Å². The van der Waals surface area contributed by atoms with Crippen molar-refractivity contribution in [3.63, 3.8) is 0 Å². The van der Waals surface area contributed by atoms with Crippen molar-refractivity contribution in [2.45, 2.75) is 57.3 Å². The molecule has 0 spiro atoms. The molecule has 2 aromatic carbocycles. The predicted octanol–water partition coefficient (Wildman–Crippen LogP) is 4.62. The van der Waals surface area contributed by atoms with Crippen LogP contribution in [0.3, 0.4) is 0 Å². The summed E-state index contributed by atoms with van der Waals surface area (Å²) in [5, 5.41) is 0.383. The first-order valence-corrected chi connectivity index (χ1v) is 10.3. The van der Waals surface area contributed by atoms with Crippen LogP contribution in [-0.2, 0) is 10.2 Å². The van der Waals surface area contributed by atoms with E-state index in [4.69, 9.17) is 0 Å². The molecule has 0 aromatic heterocycles. The number of carbonyl (C=O) groups excluding carboxylic acids is 1. The van der Waals surface area contributed by atoms with Gasteiger partial charge in [0, 0.05) is 0 Å². The van der Waals surface area contributed by atoms with Crippen LogP contribution in [-0.4, -0.2) is 15.6 Å². The van der Waals surface area contributed by atoms with Crippen LogP contribution in [0.15, 0.2) is 60.7 Å². The maximum atomic E-state index is 12.9. The summed E-state index contributed by atoms with van der Waals surface area (Å²) < 4.78 is 0. The van der Waals surface area contributed by atoms with E-state index >= 15 is 0 Å². The number of carbonyl (C=O) groups is 1. The first-order valence-electron chi connectivity index (χ1n) is 9.34. The number of unbranched alkanes of at least 4 members (excludes halogenated alkanes) is 5. The highest BCUT2D eigenvalue weighted by Gasteiger charge is 2.37. The lowest BCUT2D eigenvalue weighted by Gasteiger charge is -2.33. The average Bonchev–Trinajstić information content (AvgIpc) is 2.62. The third-order valence-corrected chi connectivity index (χ3v) is 5.89. The Morgan fingerprint density at radius 3 is 1.71 bits per heavy atom. The van der Waals surface area contributed by atoms with Gasteiger partial charge in [0.15, 0.2) is 0 Å². The van der Waals surface area contributed by atoms with Gasteiger partial charge in [-0.3, -0.25) is 0 Å². The second-order valence-electron chi connectivity index (χ2n) is 6.71. The summed E-state index contributed by atoms with van der Waals surface area (Å²) in [6.07, 6.45) is 8.45. The second-order valence-corrected chi connectivity index (χ2v) is 7.62. The van der Waals surface area contributed by atoms with E-state index in [9.17, 15) is 4.79 Å². The molecule has 0 atom stereocenters. The Hall–Kier alpha value is -1.67. The fourth-order valence-electron chi connectivity index (χ4n) is 3.65. The quantitative estimate of drug-likeness (QED) is 0.456. The van der Waals surface area contributed by atoms with Crippen LogP contribution in [0.2, 0.25) is 0 Å². The Labute approximate surface area is 149 Å². The summed E-state index contributed by atoms with van der Waals surface area (Å²) in [6, 6.07) is 20.8. The van der Waals surface area contributed by atoms with Crippen LogP contribution < -0.4 is 0 Å². The van der Waals surface area contributed by atoms with Crippen LogP contribution in [0.5, 0.6) is 0 Å². The number of hydrogen-bond donors (Lipinski definition) is 0. The second kappa shape index (κ2) is 9.58. The molecule has 2 rings (SSSR count). The zero-order valence-corrected chi connectivity index (χ0v) is 17.1. The minimum atomic E-state index is -0.445. The maximum absolute atomic E-state index is 12.9. The number of rotatable bonds is 10. The summed E-state index contributed by atoms with van der Waals surface area (Å²) in [6.45, 7) is 2.25. The van der Waals surface area contributed by atoms with Gasteiger partial charge >= 0.3 is 0 Å². The Kier molecular flexibility index (Phi) is 7.45. The molecule has 0 fully saturated rings. The van der Waals surface area contributed by atoms with Gasteiger partial charge in [-0.25, -0.2) is 0 Å². The molecule has 24 heavy (non-hydrogen) atoms. The molecule has 0 amide bonds. The highest BCUT2D eigenvalue weighted by Crippen LogP contribution is 2.37. The SMILES string of the molecule is CCCCCCCCC(C(=O)[SiH3])(c1ccccc1)c1ccccc1. The summed E-state index contributed by atoms with van der Waals surface area (Å²) >= 11 is 0. The first-order chi connectivity index (χ1) is 11.7. The molecule has 128 valence electrons. The monoisotopic (exact) mass is 338 g/mol. The van der Waals surface area contributed by atoms with Gasteiger partial charge in [0.25, 0.3) is 0 Å². The van der Waals surface area contributed by atoms with E-state index in [1.54, 1.807) is 0 Å². The third kappa shape index (κ3) is 4.45. The zero-order valence-electron chi connectivity index (χ0n) is 15.1. The minimum Gasteiger partial charge on any atom is -0.305 e. The van der Waals surface area contributed by atoms with Crippen molar-refractivity contribution in [2.75, 3.05) is 0 Å². The average molecular weight is 339 g/mol. The Balaban J connectivity index is 2.25. The van der Waals surface area contributed by atoms with E-state index in [2.05, 4.69) is 55.5 Å². The van der Waals surface area contributed by atoms with Crippen LogP contribution in [0.25, 0.3) is 0 Å². The zero-order chi connectivity index (χ0) is 17.3. The van der Waals surface area contributed by atoms with E-state index < -0.39 is 5.41 Å². The summed E-state index contributed by atoms with van der Waals surface area (Å²) in [5.41, 5.74) is 1.87. The summed E-state index contributed by atoms with van der Waals surface area (Å²) in [4.78, 5) is 12.9. The van der Waals surface area contributed by atoms with Crippen molar-refractivity contribution >= 4 is 15.6 Å². The maximum Gasteiger partial charge on any atom is 0.115 e. The summed E-state index contributed by atoms with van der Waals surface area (Å²) in [5.74, 6) is 0. The van der Waals surface area contributed by atoms with Gasteiger partial charge < -0.3 is 4.79 Å². The molecule has 0 heterocycles. The molecular weight excluding hydrogens is 308 g/mol. The van der Waals surface area contributed by atoms with Crippen LogP contribution in [0.1, 0.15) is 63.0 Å². The van der Waals surface area contributed by atoms with E-state index in [0.717, 1.165) is 24.0 Å². The molecule has 1 nitrogen and oxygen atoms in total. The van der Waals surface area contributed by atoms with E-state index in [0.29, 0.717) is 15.6 Å². The molecule has 0 aliphatic carbocycles. The van der Waals surface area contributed by atoms with Gasteiger partial charge in [-0.15, -0.1) is 0 Å². The lowest BCUT2D eigenvalue weighted by Crippen LogP contribution is -2.37. The molecule has 0 N–H and O–H groups in total. The molecule has 2 aromatic rings. The Morgan fingerprint density at radius 2 is 1.25 bits per heavy atom. The number of hydrogen-bond acceptors (Lipinski definition) is 1. The van der Waals surface area contributed by atoms with Crippen molar-refractivity contribution in [1.82, 2.24) is 0 Å². The summed E-state index contributed by atoms with van der Waals surface area (Å²) in [7, 11) is 0.577. The largest absolute Gasteiger partial charge is 0.305 e. The lowest BCUT2D eigenvalue weighted by atomic mass is 9.72. The Bertz CT molecular complexity index is 567. The van der Waals surface area contributed by atoms with Gasteiger partial charge in [-0.1, -0.05) is 106 Å². The molecule has 2 heteroatoms. The van der Waals surface area contributed by atoms with Crippen LogP contribution in [0.4, 0.5) is 0 Å². The molecule has 0 aliphatic heterocycles. The fourth-order valence-corrected chi connectivity index (χ4v) is 4.48. The van der Waals surface area contributed by atoms with Crippen molar-refractivity contribution in [2.24, 2.45) is 0 Å². The molecule has 0 unspecified atom stereocenters. The van der Waals surface area contributed by atoms with Crippen molar-refractivity contribution in [1.29, 1.82) is 0 Å². The van der Waals surface area contributed by atoms with Crippen LogP contribution in [0, 0.1) is 0 Å². The topological polar surface area (TPSA) is 17.1 Å². The highest BCUT2D eigenvalue weighted by atomic mass is 28.1. The molecule has 0 bridgehead atoms. The van der Waals surface area contributed by atoms with Crippen molar-refractivity contribution < 1.29 is 4.79 Å². The van der Waals surface area contributed by atoms with E-state index in [1.165, 1.54) is 32.1 Å². The van der Waals surface area contributed by atoms with E-state index in [-0.39, 0.29) is 0 Å². The smallest absolute Gasteiger partial charge is 0.115 e. The van der Waals surface area contributed by atoms with Gasteiger partial charge in [0.1, 0.15) is 5.41 Å². The normalized spacial score (nSPS) is 11.5. The fraction of sp³-hybridized carbons (Fsp3) is 0.409. The van der Waals surface area contributed by atoms with Gasteiger partial charge in [0.05, 0.1) is 15.7 Å². The first kappa shape index (κ1) is 18.7. The molecule has 0 saturated carbocycles.